The van der Waals surface area contributed by atoms with Gasteiger partial charge in [0, 0.05) is 12.5 Å². The summed E-state index contributed by atoms with van der Waals surface area (Å²) < 4.78 is 1.15. The summed E-state index contributed by atoms with van der Waals surface area (Å²) in [5.74, 6) is 2.66. The van der Waals surface area contributed by atoms with E-state index in [2.05, 4.69) is 51.7 Å². The van der Waals surface area contributed by atoms with Crippen LogP contribution in [0.4, 0.5) is 5.82 Å². The summed E-state index contributed by atoms with van der Waals surface area (Å²) in [6.45, 7) is 5.05. The maximum absolute atomic E-state index is 4.56. The molecule has 0 aliphatic heterocycles. The van der Waals surface area contributed by atoms with Gasteiger partial charge in [0.05, 0.1) is 9.26 Å². The van der Waals surface area contributed by atoms with E-state index in [1.807, 2.05) is 0 Å². The Balaban J connectivity index is 2.35. The van der Waals surface area contributed by atoms with Crippen LogP contribution < -0.4 is 5.32 Å². The highest BCUT2D eigenvalue weighted by atomic mass is 127. The van der Waals surface area contributed by atoms with Crippen LogP contribution in [0.5, 0.6) is 0 Å². The Hall–Kier alpha value is -0.390. The topological polar surface area (TPSA) is 37.8 Å². The Labute approximate surface area is 97.9 Å². The van der Waals surface area contributed by atoms with E-state index in [9.17, 15) is 0 Å². The second-order valence-electron chi connectivity index (χ2n) is 3.63. The molecule has 0 spiro atoms. The van der Waals surface area contributed by atoms with E-state index in [1.165, 1.54) is 12.8 Å². The lowest BCUT2D eigenvalue weighted by atomic mass is 10.3. The fourth-order valence-corrected chi connectivity index (χ4v) is 1.82. The summed E-state index contributed by atoms with van der Waals surface area (Å²) in [6.07, 6.45) is 2.51. The minimum atomic E-state index is 0.628. The van der Waals surface area contributed by atoms with Crippen LogP contribution in [0.1, 0.15) is 37.2 Å². The van der Waals surface area contributed by atoms with Gasteiger partial charge < -0.3 is 5.32 Å². The number of nitrogens with one attached hydrogen (secondary N) is 1. The minimum absolute atomic E-state index is 0.628. The van der Waals surface area contributed by atoms with Crippen molar-refractivity contribution in [2.45, 2.75) is 32.6 Å². The molecule has 0 bridgehead atoms. The standard InChI is InChI=1S/C10H14IN3/c1-3-12-10-8(11)6(2)13-9(14-10)7-4-5-7/h7H,3-5H2,1-2H3,(H,12,13,14). The van der Waals surface area contributed by atoms with Crippen molar-refractivity contribution in [3.63, 3.8) is 0 Å². The molecule has 0 unspecified atom stereocenters. The minimum Gasteiger partial charge on any atom is -0.369 e. The number of hydrogen-bond acceptors (Lipinski definition) is 3. The molecular weight excluding hydrogens is 289 g/mol. The zero-order valence-corrected chi connectivity index (χ0v) is 10.6. The lowest BCUT2D eigenvalue weighted by Crippen LogP contribution is -2.07. The number of hydrogen-bond donors (Lipinski definition) is 1. The highest BCUT2D eigenvalue weighted by Gasteiger charge is 2.27. The molecular formula is C10H14IN3. The molecule has 0 atom stereocenters. The summed E-state index contributed by atoms with van der Waals surface area (Å²) in [6, 6.07) is 0. The first-order valence-corrected chi connectivity index (χ1v) is 6.08. The highest BCUT2D eigenvalue weighted by molar-refractivity contribution is 14.1. The van der Waals surface area contributed by atoms with E-state index >= 15 is 0 Å². The summed E-state index contributed by atoms with van der Waals surface area (Å²) in [5, 5.41) is 3.28. The number of halogens is 1. The highest BCUT2D eigenvalue weighted by Crippen LogP contribution is 2.39. The molecule has 0 saturated heterocycles. The van der Waals surface area contributed by atoms with Crippen LogP contribution in [0, 0.1) is 10.5 Å². The molecule has 0 amide bonds. The Bertz CT molecular complexity index is 347. The Morgan fingerprint density at radius 1 is 1.43 bits per heavy atom. The molecule has 0 radical (unpaired) electrons. The van der Waals surface area contributed by atoms with E-state index in [0.29, 0.717) is 5.92 Å². The van der Waals surface area contributed by atoms with Crippen molar-refractivity contribution < 1.29 is 0 Å². The summed E-state index contributed by atoms with van der Waals surface area (Å²) in [7, 11) is 0. The van der Waals surface area contributed by atoms with Crippen molar-refractivity contribution in [3.8, 4) is 0 Å². The molecule has 1 fully saturated rings. The normalized spacial score (nSPS) is 15.6. The third-order valence-electron chi connectivity index (χ3n) is 2.32. The molecule has 14 heavy (non-hydrogen) atoms. The van der Waals surface area contributed by atoms with Crippen LogP contribution in [0.15, 0.2) is 0 Å². The van der Waals surface area contributed by atoms with Crippen LogP contribution in [0.3, 0.4) is 0 Å². The number of rotatable bonds is 3. The van der Waals surface area contributed by atoms with Gasteiger partial charge in [0.15, 0.2) is 0 Å². The van der Waals surface area contributed by atoms with Crippen LogP contribution >= 0.6 is 22.6 Å². The van der Waals surface area contributed by atoms with E-state index in [0.717, 1.165) is 27.5 Å². The number of anilines is 1. The molecule has 2 rings (SSSR count). The van der Waals surface area contributed by atoms with Crippen LogP contribution in [0.2, 0.25) is 0 Å². The maximum Gasteiger partial charge on any atom is 0.143 e. The van der Waals surface area contributed by atoms with Crippen molar-refractivity contribution in [2.75, 3.05) is 11.9 Å². The van der Waals surface area contributed by atoms with Crippen molar-refractivity contribution in [2.24, 2.45) is 0 Å². The number of aromatic nitrogens is 2. The maximum atomic E-state index is 4.56. The summed E-state index contributed by atoms with van der Waals surface area (Å²) >= 11 is 2.30. The van der Waals surface area contributed by atoms with Crippen LogP contribution in [-0.4, -0.2) is 16.5 Å². The quantitative estimate of drug-likeness (QED) is 0.873. The third kappa shape index (κ3) is 1.99. The van der Waals surface area contributed by atoms with Crippen LogP contribution in [-0.2, 0) is 0 Å². The average molecular weight is 303 g/mol. The molecule has 1 N–H and O–H groups in total. The van der Waals surface area contributed by atoms with Gasteiger partial charge in [-0.2, -0.15) is 0 Å². The summed E-state index contributed by atoms with van der Waals surface area (Å²) in [4.78, 5) is 9.07. The fraction of sp³-hybridized carbons (Fsp3) is 0.600. The Kier molecular flexibility index (Phi) is 2.90. The van der Waals surface area contributed by atoms with E-state index in [-0.39, 0.29) is 0 Å². The molecule has 1 aromatic heterocycles. The predicted octanol–water partition coefficient (Wildman–Crippen LogP) is 2.70. The van der Waals surface area contributed by atoms with E-state index in [4.69, 9.17) is 0 Å². The predicted molar refractivity (Wildman–Crippen MR) is 65.6 cm³/mol. The van der Waals surface area contributed by atoms with E-state index < -0.39 is 0 Å². The SMILES string of the molecule is CCNc1nc(C2CC2)nc(C)c1I. The largest absolute Gasteiger partial charge is 0.369 e. The zero-order valence-electron chi connectivity index (χ0n) is 8.47. The molecule has 4 heteroatoms. The molecule has 1 heterocycles. The summed E-state index contributed by atoms with van der Waals surface area (Å²) in [5.41, 5.74) is 1.10. The van der Waals surface area contributed by atoms with E-state index in [1.54, 1.807) is 0 Å². The molecule has 3 nitrogen and oxygen atoms in total. The van der Waals surface area contributed by atoms with Gasteiger partial charge in [-0.05, 0) is 49.3 Å². The van der Waals surface area contributed by atoms with Crippen molar-refractivity contribution in [1.29, 1.82) is 0 Å². The lowest BCUT2D eigenvalue weighted by molar-refractivity contribution is 0.896. The molecule has 1 aliphatic carbocycles. The molecule has 76 valence electrons. The Morgan fingerprint density at radius 3 is 2.71 bits per heavy atom. The van der Waals surface area contributed by atoms with Crippen molar-refractivity contribution >= 4 is 28.4 Å². The first-order valence-electron chi connectivity index (χ1n) is 5.00. The van der Waals surface area contributed by atoms with Gasteiger partial charge in [-0.1, -0.05) is 0 Å². The number of aryl methyl sites for hydroxylation is 1. The van der Waals surface area contributed by atoms with Gasteiger partial charge in [-0.15, -0.1) is 0 Å². The molecule has 1 saturated carbocycles. The first kappa shape index (κ1) is 10.1. The van der Waals surface area contributed by atoms with Crippen molar-refractivity contribution in [3.05, 3.63) is 15.1 Å². The van der Waals surface area contributed by atoms with Crippen LogP contribution in [0.25, 0.3) is 0 Å². The second-order valence-corrected chi connectivity index (χ2v) is 4.71. The van der Waals surface area contributed by atoms with Crippen molar-refractivity contribution in [1.82, 2.24) is 9.97 Å². The Morgan fingerprint density at radius 2 is 2.14 bits per heavy atom. The third-order valence-corrected chi connectivity index (χ3v) is 3.61. The second kappa shape index (κ2) is 4.00. The molecule has 0 aromatic carbocycles. The van der Waals surface area contributed by atoms with Gasteiger partial charge in [-0.25, -0.2) is 9.97 Å². The lowest BCUT2D eigenvalue weighted by Gasteiger charge is -2.09. The molecule has 1 aliphatic rings. The zero-order chi connectivity index (χ0) is 10.1. The fourth-order valence-electron chi connectivity index (χ4n) is 1.39. The van der Waals surface area contributed by atoms with Gasteiger partial charge in [0.25, 0.3) is 0 Å². The van der Waals surface area contributed by atoms with Gasteiger partial charge in [0.1, 0.15) is 11.6 Å². The smallest absolute Gasteiger partial charge is 0.143 e. The average Bonchev–Trinajstić information content (AvgIpc) is 2.96. The van der Waals surface area contributed by atoms with Gasteiger partial charge in [0.2, 0.25) is 0 Å². The monoisotopic (exact) mass is 303 g/mol. The first-order chi connectivity index (χ1) is 6.72. The molecule has 1 aromatic rings. The van der Waals surface area contributed by atoms with Gasteiger partial charge >= 0.3 is 0 Å². The van der Waals surface area contributed by atoms with Gasteiger partial charge in [-0.3, -0.25) is 0 Å². The number of nitrogens with zero attached hydrogens (tertiary/aromatic N) is 2.